The highest BCUT2D eigenvalue weighted by molar-refractivity contribution is 7.89. The highest BCUT2D eigenvalue weighted by Crippen LogP contribution is 2.29. The largest absolute Gasteiger partial charge is 0.340 e. The summed E-state index contributed by atoms with van der Waals surface area (Å²) >= 11 is 0. The number of halogens is 1. The average molecular weight is 418 g/mol. The summed E-state index contributed by atoms with van der Waals surface area (Å²) in [5, 5.41) is 0. The van der Waals surface area contributed by atoms with Crippen LogP contribution >= 0.6 is 12.4 Å². The fraction of sp³-hybridized carbons (Fsp3) is 0.632. The van der Waals surface area contributed by atoms with Crippen molar-refractivity contribution in [2.75, 3.05) is 26.2 Å². The summed E-state index contributed by atoms with van der Waals surface area (Å²) in [7, 11) is -3.58. The van der Waals surface area contributed by atoms with Gasteiger partial charge in [0.05, 0.1) is 10.8 Å². The number of hydrogen-bond donors (Lipinski definition) is 1. The van der Waals surface area contributed by atoms with Gasteiger partial charge in [-0.1, -0.05) is 13.0 Å². The van der Waals surface area contributed by atoms with E-state index in [1.807, 2.05) is 47.6 Å². The van der Waals surface area contributed by atoms with E-state index in [2.05, 4.69) is 0 Å². The van der Waals surface area contributed by atoms with Gasteiger partial charge >= 0.3 is 0 Å². The molecule has 0 spiro atoms. The van der Waals surface area contributed by atoms with Crippen LogP contribution in [0, 0.1) is 33.6 Å². The summed E-state index contributed by atoms with van der Waals surface area (Å²) in [6.07, 6.45) is 0. The van der Waals surface area contributed by atoms with Crippen LogP contribution in [0.5, 0.6) is 0 Å². The van der Waals surface area contributed by atoms with Crippen LogP contribution in [0.15, 0.2) is 11.0 Å². The van der Waals surface area contributed by atoms with Gasteiger partial charge in [0.2, 0.25) is 15.9 Å². The third-order valence-corrected chi connectivity index (χ3v) is 7.80. The molecule has 1 saturated heterocycles. The Kier molecular flexibility index (Phi) is 7.88. The number of rotatable bonds is 4. The maximum absolute atomic E-state index is 13.3. The number of carbonyl (C=O) groups excluding carboxylic acids is 1. The van der Waals surface area contributed by atoms with Gasteiger partial charge in [-0.05, 0) is 56.9 Å². The van der Waals surface area contributed by atoms with Gasteiger partial charge in [0, 0.05) is 32.2 Å². The molecule has 2 rings (SSSR count). The Morgan fingerprint density at radius 3 is 1.85 bits per heavy atom. The van der Waals surface area contributed by atoms with Gasteiger partial charge in [0.1, 0.15) is 0 Å². The first-order chi connectivity index (χ1) is 12.0. The number of nitrogens with two attached hydrogens (primary N) is 1. The van der Waals surface area contributed by atoms with Crippen molar-refractivity contribution in [1.82, 2.24) is 9.21 Å². The quantitative estimate of drug-likeness (QED) is 0.813. The molecule has 0 bridgehead atoms. The lowest BCUT2D eigenvalue weighted by Crippen LogP contribution is -2.53. The predicted octanol–water partition coefficient (Wildman–Crippen LogP) is 2.16. The van der Waals surface area contributed by atoms with Gasteiger partial charge in [0.15, 0.2) is 0 Å². The Labute approximate surface area is 169 Å². The van der Waals surface area contributed by atoms with E-state index in [1.54, 1.807) is 4.90 Å². The standard InChI is InChI=1S/C19H31N3O3S.ClH/c1-12-11-13(2)15(4)18(14(12)3)26(24,25)22-9-7-21(8-10-22)19(23)16(5)17(6)20;/h11,16-17H,7-10,20H2,1-6H3;1H. The van der Waals surface area contributed by atoms with E-state index in [1.165, 1.54) is 4.31 Å². The lowest BCUT2D eigenvalue weighted by Gasteiger charge is -2.36. The van der Waals surface area contributed by atoms with Crippen LogP contribution in [0.4, 0.5) is 0 Å². The minimum Gasteiger partial charge on any atom is -0.340 e. The van der Waals surface area contributed by atoms with Crippen LogP contribution in [0.2, 0.25) is 0 Å². The van der Waals surface area contributed by atoms with E-state index in [9.17, 15) is 13.2 Å². The summed E-state index contributed by atoms with van der Waals surface area (Å²) in [4.78, 5) is 14.6. The third-order valence-electron chi connectivity index (χ3n) is 5.62. The molecule has 0 radical (unpaired) electrons. The van der Waals surface area contributed by atoms with E-state index in [4.69, 9.17) is 5.73 Å². The molecule has 154 valence electrons. The Balaban J connectivity index is 0.00000364. The molecule has 2 unspecified atom stereocenters. The minimum atomic E-state index is -3.58. The molecule has 1 aromatic carbocycles. The number of benzene rings is 1. The maximum Gasteiger partial charge on any atom is 0.243 e. The van der Waals surface area contributed by atoms with E-state index in [-0.39, 0.29) is 30.3 Å². The second-order valence-electron chi connectivity index (χ2n) is 7.47. The topological polar surface area (TPSA) is 83.7 Å². The first-order valence-corrected chi connectivity index (χ1v) is 10.5. The molecule has 1 heterocycles. The highest BCUT2D eigenvalue weighted by atomic mass is 35.5. The zero-order valence-electron chi connectivity index (χ0n) is 17.1. The van der Waals surface area contributed by atoms with Gasteiger partial charge in [0.25, 0.3) is 0 Å². The molecule has 2 N–H and O–H groups in total. The van der Waals surface area contributed by atoms with Gasteiger partial charge in [-0.15, -0.1) is 12.4 Å². The number of amides is 1. The number of aryl methyl sites for hydroxylation is 2. The van der Waals surface area contributed by atoms with Crippen LogP contribution in [0.3, 0.4) is 0 Å². The van der Waals surface area contributed by atoms with Crippen molar-refractivity contribution in [2.24, 2.45) is 11.7 Å². The monoisotopic (exact) mass is 417 g/mol. The van der Waals surface area contributed by atoms with Crippen molar-refractivity contribution in [3.63, 3.8) is 0 Å². The first kappa shape index (κ1) is 23.9. The highest BCUT2D eigenvalue weighted by Gasteiger charge is 2.34. The Morgan fingerprint density at radius 2 is 1.44 bits per heavy atom. The van der Waals surface area contributed by atoms with Crippen molar-refractivity contribution in [1.29, 1.82) is 0 Å². The van der Waals surface area contributed by atoms with Gasteiger partial charge in [-0.3, -0.25) is 4.79 Å². The molecule has 1 fully saturated rings. The molecule has 27 heavy (non-hydrogen) atoms. The Morgan fingerprint density at radius 1 is 1.00 bits per heavy atom. The normalized spacial score (nSPS) is 18.0. The molecular formula is C19H32ClN3O3S. The van der Waals surface area contributed by atoms with Crippen LogP contribution in [-0.2, 0) is 14.8 Å². The fourth-order valence-electron chi connectivity index (χ4n) is 3.36. The number of piperazine rings is 1. The van der Waals surface area contributed by atoms with E-state index < -0.39 is 10.0 Å². The van der Waals surface area contributed by atoms with Crippen LogP contribution in [0.1, 0.15) is 36.1 Å². The van der Waals surface area contributed by atoms with Crippen molar-refractivity contribution in [3.05, 3.63) is 28.3 Å². The Bertz CT molecular complexity index is 775. The summed E-state index contributed by atoms with van der Waals surface area (Å²) in [5.74, 6) is -0.266. The molecule has 0 aromatic heterocycles. The smallest absolute Gasteiger partial charge is 0.243 e. The molecule has 1 amide bonds. The molecule has 1 aliphatic rings. The summed E-state index contributed by atoms with van der Waals surface area (Å²) in [6, 6.07) is 1.81. The van der Waals surface area contributed by atoms with Crippen molar-refractivity contribution < 1.29 is 13.2 Å². The van der Waals surface area contributed by atoms with Crippen molar-refractivity contribution in [2.45, 2.75) is 52.5 Å². The lowest BCUT2D eigenvalue weighted by atomic mass is 10.0. The molecule has 0 saturated carbocycles. The molecule has 1 aliphatic heterocycles. The second-order valence-corrected chi connectivity index (χ2v) is 9.34. The molecule has 8 heteroatoms. The van der Waals surface area contributed by atoms with Crippen LogP contribution in [-0.4, -0.2) is 55.8 Å². The number of hydrogen-bond acceptors (Lipinski definition) is 4. The fourth-order valence-corrected chi connectivity index (χ4v) is 5.36. The molecule has 0 aliphatic carbocycles. The van der Waals surface area contributed by atoms with Crippen molar-refractivity contribution in [3.8, 4) is 0 Å². The number of carbonyl (C=O) groups is 1. The van der Waals surface area contributed by atoms with Crippen molar-refractivity contribution >= 4 is 28.3 Å². The minimum absolute atomic E-state index is 0. The second kappa shape index (κ2) is 8.90. The summed E-state index contributed by atoms with van der Waals surface area (Å²) in [6.45, 7) is 12.7. The number of nitrogens with zero attached hydrogens (tertiary/aromatic N) is 2. The zero-order valence-corrected chi connectivity index (χ0v) is 18.7. The first-order valence-electron chi connectivity index (χ1n) is 9.10. The maximum atomic E-state index is 13.3. The van der Waals surface area contributed by atoms with E-state index in [0.29, 0.717) is 31.1 Å². The van der Waals surface area contributed by atoms with E-state index >= 15 is 0 Å². The van der Waals surface area contributed by atoms with Gasteiger partial charge < -0.3 is 10.6 Å². The predicted molar refractivity (Wildman–Crippen MR) is 111 cm³/mol. The lowest BCUT2D eigenvalue weighted by molar-refractivity contribution is -0.136. The molecule has 1 aromatic rings. The summed E-state index contributed by atoms with van der Waals surface area (Å²) in [5.41, 5.74) is 9.39. The average Bonchev–Trinajstić information content (AvgIpc) is 2.58. The number of sulfonamides is 1. The Hall–Kier alpha value is -1.15. The van der Waals surface area contributed by atoms with E-state index in [0.717, 1.165) is 22.3 Å². The van der Waals surface area contributed by atoms with Crippen LogP contribution in [0.25, 0.3) is 0 Å². The zero-order chi connectivity index (χ0) is 19.8. The molecule has 6 nitrogen and oxygen atoms in total. The third kappa shape index (κ3) is 4.65. The SMILES string of the molecule is Cc1cc(C)c(C)c(S(=O)(=O)N2CCN(C(=O)C(C)C(C)N)CC2)c1C.Cl. The van der Waals surface area contributed by atoms with Crippen LogP contribution < -0.4 is 5.73 Å². The van der Waals surface area contributed by atoms with Gasteiger partial charge in [-0.2, -0.15) is 4.31 Å². The molecular weight excluding hydrogens is 386 g/mol. The molecule has 2 atom stereocenters. The summed E-state index contributed by atoms with van der Waals surface area (Å²) < 4.78 is 28.0. The van der Waals surface area contributed by atoms with Gasteiger partial charge in [-0.25, -0.2) is 8.42 Å².